The standard InChI is InChI=1S/C20H23BrClNO3.ClH/c1-24-19-10-14(11-23-12-16-6-4-8-25-16)9-17(21)20(19)26-13-15-5-2-3-7-18(15)22;/h2-3,5,7,9-10,16,23H,4,6,8,11-13H2,1H3;1H. The molecule has 2 aromatic rings. The molecule has 0 radical (unpaired) electrons. The SMILES string of the molecule is COc1cc(CNCC2CCCO2)cc(Br)c1OCc1ccccc1Cl.Cl. The maximum absolute atomic E-state index is 6.20. The maximum Gasteiger partial charge on any atom is 0.175 e. The molecule has 1 fully saturated rings. The van der Waals surface area contributed by atoms with Gasteiger partial charge < -0.3 is 19.5 Å². The molecule has 1 atom stereocenters. The highest BCUT2D eigenvalue weighted by Crippen LogP contribution is 2.37. The molecule has 1 unspecified atom stereocenters. The molecule has 1 aliphatic heterocycles. The van der Waals surface area contributed by atoms with Crippen LogP contribution in [0.5, 0.6) is 11.5 Å². The Morgan fingerprint density at radius 3 is 2.81 bits per heavy atom. The van der Waals surface area contributed by atoms with Crippen LogP contribution < -0.4 is 14.8 Å². The molecular weight excluding hydrogens is 453 g/mol. The maximum atomic E-state index is 6.20. The number of benzene rings is 2. The minimum atomic E-state index is 0. The zero-order chi connectivity index (χ0) is 18.4. The summed E-state index contributed by atoms with van der Waals surface area (Å²) in [7, 11) is 1.65. The lowest BCUT2D eigenvalue weighted by atomic mass is 10.2. The molecule has 148 valence electrons. The number of methoxy groups -OCH3 is 1. The van der Waals surface area contributed by atoms with E-state index in [1.807, 2.05) is 36.4 Å². The van der Waals surface area contributed by atoms with E-state index >= 15 is 0 Å². The fraction of sp³-hybridized carbons (Fsp3) is 0.400. The molecule has 3 rings (SSSR count). The van der Waals surface area contributed by atoms with Gasteiger partial charge in [-0.2, -0.15) is 0 Å². The molecule has 1 heterocycles. The molecule has 1 aliphatic rings. The van der Waals surface area contributed by atoms with Crippen LogP contribution >= 0.6 is 39.9 Å². The average Bonchev–Trinajstić information content (AvgIpc) is 3.15. The van der Waals surface area contributed by atoms with Crippen molar-refractivity contribution in [3.8, 4) is 11.5 Å². The summed E-state index contributed by atoms with van der Waals surface area (Å²) in [5.74, 6) is 1.37. The van der Waals surface area contributed by atoms with E-state index < -0.39 is 0 Å². The van der Waals surface area contributed by atoms with Crippen molar-refractivity contribution in [2.45, 2.75) is 32.1 Å². The second-order valence-electron chi connectivity index (χ2n) is 6.26. The zero-order valence-corrected chi connectivity index (χ0v) is 18.3. The second kappa shape index (κ2) is 11.1. The summed E-state index contributed by atoms with van der Waals surface area (Å²) in [6.07, 6.45) is 2.62. The van der Waals surface area contributed by atoms with Crippen molar-refractivity contribution in [3.63, 3.8) is 0 Å². The molecule has 1 N–H and O–H groups in total. The Morgan fingerprint density at radius 2 is 2.11 bits per heavy atom. The Kier molecular flexibility index (Phi) is 9.19. The van der Waals surface area contributed by atoms with E-state index in [0.717, 1.165) is 48.1 Å². The highest BCUT2D eigenvalue weighted by molar-refractivity contribution is 9.10. The van der Waals surface area contributed by atoms with Crippen LogP contribution in [0, 0.1) is 0 Å². The highest BCUT2D eigenvalue weighted by atomic mass is 79.9. The second-order valence-corrected chi connectivity index (χ2v) is 7.52. The number of ether oxygens (including phenoxy) is 3. The van der Waals surface area contributed by atoms with Gasteiger partial charge in [-0.3, -0.25) is 0 Å². The van der Waals surface area contributed by atoms with Gasteiger partial charge in [-0.05, 0) is 52.5 Å². The Balaban J connectivity index is 0.00000261. The van der Waals surface area contributed by atoms with Gasteiger partial charge in [-0.1, -0.05) is 29.8 Å². The van der Waals surface area contributed by atoms with Crippen molar-refractivity contribution in [2.24, 2.45) is 0 Å². The lowest BCUT2D eigenvalue weighted by Gasteiger charge is -2.16. The van der Waals surface area contributed by atoms with E-state index in [1.54, 1.807) is 7.11 Å². The normalized spacial score (nSPS) is 16.0. The van der Waals surface area contributed by atoms with Crippen molar-refractivity contribution in [1.82, 2.24) is 5.32 Å². The third kappa shape index (κ3) is 6.26. The van der Waals surface area contributed by atoms with E-state index in [9.17, 15) is 0 Å². The molecule has 4 nitrogen and oxygen atoms in total. The molecule has 0 aliphatic carbocycles. The lowest BCUT2D eigenvalue weighted by molar-refractivity contribution is 0.110. The topological polar surface area (TPSA) is 39.7 Å². The van der Waals surface area contributed by atoms with Crippen molar-refractivity contribution >= 4 is 39.9 Å². The first-order chi connectivity index (χ1) is 12.7. The van der Waals surface area contributed by atoms with Gasteiger partial charge >= 0.3 is 0 Å². The first kappa shape index (κ1) is 22.3. The number of hydrogen-bond donors (Lipinski definition) is 1. The van der Waals surface area contributed by atoms with Gasteiger partial charge in [0.2, 0.25) is 0 Å². The van der Waals surface area contributed by atoms with Crippen LogP contribution in [-0.4, -0.2) is 26.4 Å². The number of nitrogens with one attached hydrogen (secondary N) is 1. The third-order valence-corrected chi connectivity index (χ3v) is 5.30. The van der Waals surface area contributed by atoms with Crippen molar-refractivity contribution in [2.75, 3.05) is 20.3 Å². The quantitative estimate of drug-likeness (QED) is 0.555. The fourth-order valence-corrected chi connectivity index (χ4v) is 3.76. The van der Waals surface area contributed by atoms with Crippen LogP contribution in [0.4, 0.5) is 0 Å². The molecule has 27 heavy (non-hydrogen) atoms. The molecule has 7 heteroatoms. The van der Waals surface area contributed by atoms with Crippen molar-refractivity contribution in [3.05, 3.63) is 57.0 Å². The first-order valence-electron chi connectivity index (χ1n) is 8.72. The van der Waals surface area contributed by atoms with Crippen LogP contribution in [-0.2, 0) is 17.9 Å². The summed E-state index contributed by atoms with van der Waals surface area (Å²) < 4.78 is 18.0. The predicted octanol–water partition coefficient (Wildman–Crippen LogP) is 5.38. The van der Waals surface area contributed by atoms with Crippen LogP contribution in [0.2, 0.25) is 5.02 Å². The summed E-state index contributed by atoms with van der Waals surface area (Å²) in [6.45, 7) is 2.87. The van der Waals surface area contributed by atoms with E-state index in [2.05, 4.69) is 21.2 Å². The summed E-state index contributed by atoms with van der Waals surface area (Å²) in [4.78, 5) is 0. The monoisotopic (exact) mass is 475 g/mol. The summed E-state index contributed by atoms with van der Waals surface area (Å²) in [5.41, 5.74) is 2.06. The van der Waals surface area contributed by atoms with E-state index in [1.165, 1.54) is 0 Å². The third-order valence-electron chi connectivity index (χ3n) is 4.34. The van der Waals surface area contributed by atoms with Gasteiger partial charge in [-0.15, -0.1) is 12.4 Å². The lowest BCUT2D eigenvalue weighted by Crippen LogP contribution is -2.25. The van der Waals surface area contributed by atoms with Gasteiger partial charge in [-0.25, -0.2) is 0 Å². The Labute approximate surface area is 180 Å². The molecule has 0 spiro atoms. The van der Waals surface area contributed by atoms with Crippen LogP contribution in [0.25, 0.3) is 0 Å². The van der Waals surface area contributed by atoms with E-state index in [4.69, 9.17) is 25.8 Å². The smallest absolute Gasteiger partial charge is 0.175 e. The van der Waals surface area contributed by atoms with Crippen LogP contribution in [0.1, 0.15) is 24.0 Å². The van der Waals surface area contributed by atoms with Crippen molar-refractivity contribution in [1.29, 1.82) is 0 Å². The van der Waals surface area contributed by atoms with E-state index in [-0.39, 0.29) is 12.4 Å². The summed E-state index contributed by atoms with van der Waals surface area (Å²) >= 11 is 9.80. The first-order valence-corrected chi connectivity index (χ1v) is 9.89. The van der Waals surface area contributed by atoms with Gasteiger partial charge in [0, 0.05) is 30.3 Å². The highest BCUT2D eigenvalue weighted by Gasteiger charge is 2.16. The molecule has 1 saturated heterocycles. The minimum Gasteiger partial charge on any atom is -0.493 e. The fourth-order valence-electron chi connectivity index (χ4n) is 2.96. The van der Waals surface area contributed by atoms with Gasteiger partial charge in [0.05, 0.1) is 17.7 Å². The molecule has 0 bridgehead atoms. The Morgan fingerprint density at radius 1 is 1.30 bits per heavy atom. The average molecular weight is 477 g/mol. The van der Waals surface area contributed by atoms with Crippen LogP contribution in [0.15, 0.2) is 40.9 Å². The minimum absolute atomic E-state index is 0. The van der Waals surface area contributed by atoms with Gasteiger partial charge in [0.15, 0.2) is 11.5 Å². The molecule has 0 saturated carbocycles. The van der Waals surface area contributed by atoms with E-state index in [0.29, 0.717) is 29.2 Å². The largest absolute Gasteiger partial charge is 0.493 e. The Bertz CT molecular complexity index is 739. The molecule has 2 aromatic carbocycles. The number of halogens is 3. The number of rotatable bonds is 8. The molecular formula is C20H24BrCl2NO3. The Hall–Kier alpha value is -0.980. The van der Waals surface area contributed by atoms with Crippen LogP contribution in [0.3, 0.4) is 0 Å². The van der Waals surface area contributed by atoms with Gasteiger partial charge in [0.25, 0.3) is 0 Å². The summed E-state index contributed by atoms with van der Waals surface area (Å²) in [6, 6.07) is 11.7. The number of hydrogen-bond acceptors (Lipinski definition) is 4. The predicted molar refractivity (Wildman–Crippen MR) is 114 cm³/mol. The summed E-state index contributed by atoms with van der Waals surface area (Å²) in [5, 5.41) is 4.14. The molecule has 0 amide bonds. The van der Waals surface area contributed by atoms with Gasteiger partial charge in [0.1, 0.15) is 6.61 Å². The molecule has 0 aromatic heterocycles. The zero-order valence-electron chi connectivity index (χ0n) is 15.2. The van der Waals surface area contributed by atoms with Crippen molar-refractivity contribution < 1.29 is 14.2 Å².